The normalized spacial score (nSPS) is 15.1. The second-order valence-corrected chi connectivity index (χ2v) is 5.86. The molecule has 0 atom stereocenters. The molecule has 0 N–H and O–H groups in total. The van der Waals surface area contributed by atoms with E-state index in [2.05, 4.69) is 29.7 Å². The van der Waals surface area contributed by atoms with Crippen molar-refractivity contribution in [1.29, 1.82) is 0 Å². The molecule has 2 aromatic rings. The highest BCUT2D eigenvalue weighted by Gasteiger charge is 2.23. The number of carbonyl (C=O) groups excluding carboxylic acids is 1. The SMILES string of the molecule is Cc1cccc(-n2c(C)cc(C(=O)N3CCOCC3)c2C)c1. The van der Waals surface area contributed by atoms with Gasteiger partial charge in [0.1, 0.15) is 0 Å². The van der Waals surface area contributed by atoms with E-state index in [0.29, 0.717) is 26.3 Å². The lowest BCUT2D eigenvalue weighted by Crippen LogP contribution is -2.40. The van der Waals surface area contributed by atoms with Crippen molar-refractivity contribution in [2.75, 3.05) is 26.3 Å². The molecule has 0 unspecified atom stereocenters. The molecule has 2 heterocycles. The van der Waals surface area contributed by atoms with Crippen molar-refractivity contribution in [1.82, 2.24) is 9.47 Å². The summed E-state index contributed by atoms with van der Waals surface area (Å²) in [5.74, 6) is 0.107. The highest BCUT2D eigenvalue weighted by Crippen LogP contribution is 2.23. The van der Waals surface area contributed by atoms with Crippen molar-refractivity contribution in [3.8, 4) is 5.69 Å². The number of carbonyl (C=O) groups is 1. The maximum Gasteiger partial charge on any atom is 0.255 e. The Morgan fingerprint density at radius 2 is 1.82 bits per heavy atom. The lowest BCUT2D eigenvalue weighted by Gasteiger charge is -2.26. The minimum atomic E-state index is 0.107. The summed E-state index contributed by atoms with van der Waals surface area (Å²) in [4.78, 5) is 14.6. The number of aromatic nitrogens is 1. The van der Waals surface area contributed by atoms with Crippen molar-refractivity contribution in [2.45, 2.75) is 20.8 Å². The molecule has 0 saturated carbocycles. The van der Waals surface area contributed by atoms with Gasteiger partial charge < -0.3 is 14.2 Å². The zero-order valence-corrected chi connectivity index (χ0v) is 13.4. The van der Waals surface area contributed by atoms with Gasteiger partial charge in [0.15, 0.2) is 0 Å². The second-order valence-electron chi connectivity index (χ2n) is 5.86. The van der Waals surface area contributed by atoms with E-state index < -0.39 is 0 Å². The van der Waals surface area contributed by atoms with E-state index in [1.165, 1.54) is 5.56 Å². The summed E-state index contributed by atoms with van der Waals surface area (Å²) in [6, 6.07) is 10.3. The third-order valence-corrected chi connectivity index (χ3v) is 4.22. The molecule has 4 heteroatoms. The van der Waals surface area contributed by atoms with E-state index in [0.717, 1.165) is 22.6 Å². The molecule has 1 aliphatic rings. The van der Waals surface area contributed by atoms with Crippen LogP contribution in [0.4, 0.5) is 0 Å². The Balaban J connectivity index is 1.98. The van der Waals surface area contributed by atoms with Gasteiger partial charge in [-0.25, -0.2) is 0 Å². The first kappa shape index (κ1) is 14.9. The van der Waals surface area contributed by atoms with Gasteiger partial charge in [-0.15, -0.1) is 0 Å². The minimum absolute atomic E-state index is 0.107. The van der Waals surface area contributed by atoms with Crippen LogP contribution in [0.15, 0.2) is 30.3 Å². The van der Waals surface area contributed by atoms with Gasteiger partial charge in [-0.3, -0.25) is 4.79 Å². The summed E-state index contributed by atoms with van der Waals surface area (Å²) in [6.07, 6.45) is 0. The van der Waals surface area contributed by atoms with Gasteiger partial charge >= 0.3 is 0 Å². The molecule has 3 rings (SSSR count). The summed E-state index contributed by atoms with van der Waals surface area (Å²) in [5, 5.41) is 0. The molecule has 0 bridgehead atoms. The summed E-state index contributed by atoms with van der Waals surface area (Å²) in [6.45, 7) is 8.75. The van der Waals surface area contributed by atoms with Gasteiger partial charge in [0.2, 0.25) is 0 Å². The van der Waals surface area contributed by atoms with Gasteiger partial charge in [-0.05, 0) is 44.5 Å². The molecular weight excluding hydrogens is 276 g/mol. The number of nitrogens with zero attached hydrogens (tertiary/aromatic N) is 2. The first-order chi connectivity index (χ1) is 10.6. The van der Waals surface area contributed by atoms with Crippen LogP contribution >= 0.6 is 0 Å². The number of benzene rings is 1. The fourth-order valence-electron chi connectivity index (χ4n) is 3.08. The summed E-state index contributed by atoms with van der Waals surface area (Å²) < 4.78 is 7.48. The van der Waals surface area contributed by atoms with Gasteiger partial charge in [-0.1, -0.05) is 12.1 Å². The topological polar surface area (TPSA) is 34.5 Å². The molecule has 0 spiro atoms. The Labute approximate surface area is 131 Å². The standard InChI is InChI=1S/C18H22N2O2/c1-13-5-4-6-16(11-13)20-14(2)12-17(15(20)3)18(21)19-7-9-22-10-8-19/h4-6,11-12H,7-10H2,1-3H3. The quantitative estimate of drug-likeness (QED) is 0.854. The van der Waals surface area contributed by atoms with Crippen molar-refractivity contribution in [3.05, 3.63) is 52.8 Å². The zero-order valence-electron chi connectivity index (χ0n) is 13.4. The van der Waals surface area contributed by atoms with E-state index in [4.69, 9.17) is 4.74 Å². The number of ether oxygens (including phenoxy) is 1. The smallest absolute Gasteiger partial charge is 0.255 e. The molecule has 1 amide bonds. The molecule has 0 radical (unpaired) electrons. The zero-order chi connectivity index (χ0) is 15.7. The number of rotatable bonds is 2. The fourth-order valence-corrected chi connectivity index (χ4v) is 3.08. The Morgan fingerprint density at radius 1 is 1.09 bits per heavy atom. The van der Waals surface area contributed by atoms with E-state index in [1.54, 1.807) is 0 Å². The van der Waals surface area contributed by atoms with Crippen LogP contribution in [0.5, 0.6) is 0 Å². The van der Waals surface area contributed by atoms with Gasteiger partial charge in [0.05, 0.1) is 18.8 Å². The Morgan fingerprint density at radius 3 is 2.50 bits per heavy atom. The second kappa shape index (κ2) is 5.97. The molecule has 0 aliphatic carbocycles. The monoisotopic (exact) mass is 298 g/mol. The van der Waals surface area contributed by atoms with Crippen molar-refractivity contribution in [2.24, 2.45) is 0 Å². The Hall–Kier alpha value is -2.07. The molecular formula is C18H22N2O2. The van der Waals surface area contributed by atoms with E-state index in [1.807, 2.05) is 30.9 Å². The van der Waals surface area contributed by atoms with Crippen LogP contribution in [0.2, 0.25) is 0 Å². The maximum absolute atomic E-state index is 12.7. The van der Waals surface area contributed by atoms with Crippen LogP contribution in [0.1, 0.15) is 27.3 Å². The molecule has 1 aromatic heterocycles. The van der Waals surface area contributed by atoms with Crippen LogP contribution in [-0.4, -0.2) is 41.7 Å². The third kappa shape index (κ3) is 2.66. The van der Waals surface area contributed by atoms with Crippen LogP contribution in [0.3, 0.4) is 0 Å². The van der Waals surface area contributed by atoms with Crippen LogP contribution < -0.4 is 0 Å². The molecule has 1 aromatic carbocycles. The molecule has 22 heavy (non-hydrogen) atoms. The van der Waals surface area contributed by atoms with Gasteiger partial charge in [0.25, 0.3) is 5.91 Å². The van der Waals surface area contributed by atoms with E-state index in [-0.39, 0.29) is 5.91 Å². The lowest BCUT2D eigenvalue weighted by atomic mass is 10.2. The summed E-state index contributed by atoms with van der Waals surface area (Å²) in [5.41, 5.74) is 5.20. The Kier molecular flexibility index (Phi) is 4.03. The average molecular weight is 298 g/mol. The Bertz CT molecular complexity index is 697. The molecule has 1 saturated heterocycles. The molecule has 116 valence electrons. The number of morpholine rings is 1. The van der Waals surface area contributed by atoms with E-state index in [9.17, 15) is 4.79 Å². The number of hydrogen-bond acceptors (Lipinski definition) is 2. The largest absolute Gasteiger partial charge is 0.378 e. The molecule has 4 nitrogen and oxygen atoms in total. The van der Waals surface area contributed by atoms with Crippen LogP contribution in [0.25, 0.3) is 5.69 Å². The number of amides is 1. The first-order valence-corrected chi connectivity index (χ1v) is 7.71. The average Bonchev–Trinajstić information content (AvgIpc) is 2.82. The summed E-state index contributed by atoms with van der Waals surface area (Å²) >= 11 is 0. The first-order valence-electron chi connectivity index (χ1n) is 7.71. The minimum Gasteiger partial charge on any atom is -0.378 e. The van der Waals surface area contributed by atoms with Crippen LogP contribution in [-0.2, 0) is 4.74 Å². The third-order valence-electron chi connectivity index (χ3n) is 4.22. The maximum atomic E-state index is 12.7. The van der Waals surface area contributed by atoms with E-state index >= 15 is 0 Å². The number of hydrogen-bond donors (Lipinski definition) is 0. The predicted molar refractivity (Wildman–Crippen MR) is 86.7 cm³/mol. The summed E-state index contributed by atoms with van der Waals surface area (Å²) in [7, 11) is 0. The number of aryl methyl sites for hydroxylation is 2. The molecule has 1 aliphatic heterocycles. The van der Waals surface area contributed by atoms with Crippen molar-refractivity contribution >= 4 is 5.91 Å². The lowest BCUT2D eigenvalue weighted by molar-refractivity contribution is 0.0302. The highest BCUT2D eigenvalue weighted by atomic mass is 16.5. The molecule has 1 fully saturated rings. The van der Waals surface area contributed by atoms with Gasteiger partial charge in [0, 0.05) is 30.2 Å². The van der Waals surface area contributed by atoms with Crippen molar-refractivity contribution in [3.63, 3.8) is 0 Å². The van der Waals surface area contributed by atoms with Gasteiger partial charge in [-0.2, -0.15) is 0 Å². The van der Waals surface area contributed by atoms with Crippen LogP contribution in [0, 0.1) is 20.8 Å². The highest BCUT2D eigenvalue weighted by molar-refractivity contribution is 5.96. The fraction of sp³-hybridized carbons (Fsp3) is 0.389. The predicted octanol–water partition coefficient (Wildman–Crippen LogP) is 2.87. The van der Waals surface area contributed by atoms with Crippen molar-refractivity contribution < 1.29 is 9.53 Å².